The zero-order valence-corrected chi connectivity index (χ0v) is 8.99. The highest BCUT2D eigenvalue weighted by Gasteiger charge is 2.17. The predicted octanol–water partition coefficient (Wildman–Crippen LogP) is -1.05. The molecule has 0 radical (unpaired) electrons. The molecule has 0 saturated heterocycles. The van der Waals surface area contributed by atoms with Crippen molar-refractivity contribution < 1.29 is 16.8 Å². The lowest BCUT2D eigenvalue weighted by Gasteiger charge is -2.04. The molecule has 8 heteroatoms. The van der Waals surface area contributed by atoms with Gasteiger partial charge >= 0.3 is 0 Å². The molecule has 80 valence electrons. The molecule has 0 aliphatic heterocycles. The minimum atomic E-state index is -3.87. The molecule has 0 saturated carbocycles. The van der Waals surface area contributed by atoms with Crippen molar-refractivity contribution in [2.24, 2.45) is 5.73 Å². The van der Waals surface area contributed by atoms with Crippen molar-refractivity contribution >= 4 is 20.0 Å². The second kappa shape index (κ2) is 4.89. The van der Waals surface area contributed by atoms with Crippen LogP contribution in [0.25, 0.3) is 0 Å². The monoisotopic (exact) mass is 230 g/mol. The largest absolute Gasteiger partial charge is 0.317 e. The third-order valence-corrected chi connectivity index (χ3v) is 4.54. The molecular weight excluding hydrogens is 216 g/mol. The first-order valence-corrected chi connectivity index (χ1v) is 7.07. The molecule has 0 aliphatic rings. The summed E-state index contributed by atoms with van der Waals surface area (Å²) in [5.74, 6) is -0.916. The summed E-state index contributed by atoms with van der Waals surface area (Å²) in [6.45, 7) is 1.81. The van der Waals surface area contributed by atoms with Gasteiger partial charge in [-0.1, -0.05) is 13.3 Å². The van der Waals surface area contributed by atoms with Gasteiger partial charge in [0.15, 0.2) is 0 Å². The highest BCUT2D eigenvalue weighted by molar-refractivity contribution is 8.04. The van der Waals surface area contributed by atoms with Crippen LogP contribution < -0.4 is 9.86 Å². The van der Waals surface area contributed by atoms with E-state index in [2.05, 4.69) is 0 Å². The van der Waals surface area contributed by atoms with E-state index in [1.807, 2.05) is 6.92 Å². The summed E-state index contributed by atoms with van der Waals surface area (Å²) >= 11 is 0. The van der Waals surface area contributed by atoms with E-state index in [0.29, 0.717) is 12.8 Å². The maximum atomic E-state index is 11.0. The molecular formula is C5H14N2O4S2. The Bertz CT molecular complexity index is 332. The Morgan fingerprint density at radius 3 is 2.08 bits per heavy atom. The summed E-state index contributed by atoms with van der Waals surface area (Å²) < 4.78 is 45.1. The Balaban J connectivity index is 4.36. The molecule has 3 N–H and O–H groups in total. The molecule has 0 fully saturated rings. The van der Waals surface area contributed by atoms with Crippen LogP contribution in [-0.4, -0.2) is 28.5 Å². The van der Waals surface area contributed by atoms with Gasteiger partial charge in [-0.05, 0) is 6.42 Å². The first kappa shape index (κ1) is 12.8. The van der Waals surface area contributed by atoms with Gasteiger partial charge in [-0.2, -0.15) is 0 Å². The molecule has 0 aromatic carbocycles. The van der Waals surface area contributed by atoms with Gasteiger partial charge in [-0.25, -0.2) is 16.8 Å². The van der Waals surface area contributed by atoms with Crippen LogP contribution in [0.4, 0.5) is 0 Å². The molecule has 0 aliphatic carbocycles. The van der Waals surface area contributed by atoms with Gasteiger partial charge in [0.05, 0.1) is 5.75 Å². The number of unbranched alkanes of at least 4 members (excludes halogenated alkanes) is 1. The lowest BCUT2D eigenvalue weighted by molar-refractivity contribution is 0.575. The summed E-state index contributed by atoms with van der Waals surface area (Å²) in [5.41, 5.74) is 4.83. The van der Waals surface area contributed by atoms with Crippen LogP contribution in [0, 0.1) is 0 Å². The number of nitrogens with two attached hydrogens (primary N) is 1. The number of nitrogens with one attached hydrogen (secondary N) is 1. The molecule has 0 rings (SSSR count). The number of hydrogen-bond donors (Lipinski definition) is 2. The van der Waals surface area contributed by atoms with E-state index < -0.39 is 25.9 Å². The van der Waals surface area contributed by atoms with Crippen molar-refractivity contribution in [2.75, 3.05) is 11.6 Å². The van der Waals surface area contributed by atoms with Crippen LogP contribution in [0.1, 0.15) is 19.8 Å². The normalized spacial score (nSPS) is 13.1. The fourth-order valence-electron chi connectivity index (χ4n) is 0.603. The number of rotatable bonds is 6. The number of hydrogen-bond acceptors (Lipinski definition) is 5. The molecule has 0 heterocycles. The van der Waals surface area contributed by atoms with Crippen molar-refractivity contribution in [3.05, 3.63) is 0 Å². The zero-order chi connectivity index (χ0) is 10.5. The summed E-state index contributed by atoms with van der Waals surface area (Å²) in [6.07, 6.45) is 1.11. The van der Waals surface area contributed by atoms with E-state index in [4.69, 9.17) is 5.73 Å². The standard InChI is InChI=1S/C5H14N2O4S2/c1-2-3-4-12(8,9)7-13(10,11)5-6/h7H,2-6H2,1H3. The van der Waals surface area contributed by atoms with E-state index in [0.717, 1.165) is 0 Å². The third-order valence-electron chi connectivity index (χ3n) is 1.24. The molecule has 0 aromatic rings. The van der Waals surface area contributed by atoms with Crippen molar-refractivity contribution in [1.82, 2.24) is 4.13 Å². The molecule has 0 spiro atoms. The Morgan fingerprint density at radius 1 is 1.15 bits per heavy atom. The van der Waals surface area contributed by atoms with E-state index in [9.17, 15) is 16.8 Å². The zero-order valence-electron chi connectivity index (χ0n) is 7.36. The molecule has 6 nitrogen and oxygen atoms in total. The fraction of sp³-hybridized carbons (Fsp3) is 1.00. The predicted molar refractivity (Wildman–Crippen MR) is 49.8 cm³/mol. The van der Waals surface area contributed by atoms with E-state index in [1.54, 1.807) is 0 Å². The van der Waals surface area contributed by atoms with Gasteiger partial charge in [0, 0.05) is 0 Å². The molecule has 0 amide bonds. The summed E-state index contributed by atoms with van der Waals surface area (Å²) in [4.78, 5) is 0. The Hall–Kier alpha value is -0.180. The van der Waals surface area contributed by atoms with Crippen LogP contribution in [0.3, 0.4) is 0 Å². The Labute approximate surface area is 78.6 Å². The van der Waals surface area contributed by atoms with Gasteiger partial charge in [0.1, 0.15) is 5.88 Å². The highest BCUT2D eigenvalue weighted by Crippen LogP contribution is 1.95. The van der Waals surface area contributed by atoms with Crippen LogP contribution in [-0.2, 0) is 20.0 Å². The van der Waals surface area contributed by atoms with Crippen molar-refractivity contribution in [2.45, 2.75) is 19.8 Å². The highest BCUT2D eigenvalue weighted by atomic mass is 32.3. The van der Waals surface area contributed by atoms with Crippen molar-refractivity contribution in [3.8, 4) is 0 Å². The lowest BCUT2D eigenvalue weighted by atomic mass is 10.4. The minimum Gasteiger partial charge on any atom is -0.317 e. The third kappa shape index (κ3) is 5.97. The van der Waals surface area contributed by atoms with Crippen molar-refractivity contribution in [3.63, 3.8) is 0 Å². The molecule has 0 bridgehead atoms. The quantitative estimate of drug-likeness (QED) is 0.605. The molecule has 0 aromatic heterocycles. The maximum absolute atomic E-state index is 11.0. The van der Waals surface area contributed by atoms with Crippen molar-refractivity contribution in [1.29, 1.82) is 0 Å². The summed E-state index contributed by atoms with van der Waals surface area (Å²) in [5, 5.41) is 0. The second-order valence-electron chi connectivity index (χ2n) is 2.54. The fourth-order valence-corrected chi connectivity index (χ4v) is 3.43. The van der Waals surface area contributed by atoms with Crippen LogP contribution in [0.15, 0.2) is 0 Å². The SMILES string of the molecule is CCCCS(=O)(=O)NS(=O)(=O)CN. The van der Waals surface area contributed by atoms with Gasteiger partial charge in [0.2, 0.25) is 20.0 Å². The van der Waals surface area contributed by atoms with Gasteiger partial charge in [-0.3, -0.25) is 0 Å². The number of sulfonamides is 2. The lowest BCUT2D eigenvalue weighted by Crippen LogP contribution is -2.36. The topological polar surface area (TPSA) is 106 Å². The van der Waals surface area contributed by atoms with Crippen LogP contribution in [0.5, 0.6) is 0 Å². The summed E-state index contributed by atoms with van der Waals surface area (Å²) in [7, 11) is -7.60. The second-order valence-corrected chi connectivity index (χ2v) is 6.40. The first-order valence-electron chi connectivity index (χ1n) is 3.77. The van der Waals surface area contributed by atoms with E-state index in [-0.39, 0.29) is 5.75 Å². The summed E-state index contributed by atoms with van der Waals surface area (Å²) in [6, 6.07) is 0. The average molecular weight is 230 g/mol. The van der Waals surface area contributed by atoms with E-state index in [1.165, 1.54) is 4.13 Å². The Morgan fingerprint density at radius 2 is 1.69 bits per heavy atom. The maximum Gasteiger partial charge on any atom is 0.237 e. The average Bonchev–Trinajstić information content (AvgIpc) is 1.99. The van der Waals surface area contributed by atoms with Crippen LogP contribution in [0.2, 0.25) is 0 Å². The molecule has 0 atom stereocenters. The van der Waals surface area contributed by atoms with Gasteiger partial charge in [0.25, 0.3) is 0 Å². The van der Waals surface area contributed by atoms with Gasteiger partial charge < -0.3 is 5.73 Å². The Kier molecular flexibility index (Phi) is 4.82. The molecule has 0 unspecified atom stereocenters. The van der Waals surface area contributed by atoms with E-state index >= 15 is 0 Å². The first-order chi connectivity index (χ1) is 5.83. The smallest absolute Gasteiger partial charge is 0.237 e. The molecule has 13 heavy (non-hydrogen) atoms. The van der Waals surface area contributed by atoms with Crippen LogP contribution >= 0.6 is 0 Å². The minimum absolute atomic E-state index is 0.192. The van der Waals surface area contributed by atoms with Gasteiger partial charge in [-0.15, -0.1) is 4.13 Å².